The van der Waals surface area contributed by atoms with Gasteiger partial charge in [-0.2, -0.15) is 11.8 Å². The topological polar surface area (TPSA) is 25.2 Å². The van der Waals surface area contributed by atoms with Crippen molar-refractivity contribution in [2.45, 2.75) is 49.8 Å². The van der Waals surface area contributed by atoms with Crippen LogP contribution in [0.4, 0.5) is 0 Å². The van der Waals surface area contributed by atoms with E-state index in [-0.39, 0.29) is 0 Å². The summed E-state index contributed by atoms with van der Waals surface area (Å²) in [7, 11) is 0. The highest BCUT2D eigenvalue weighted by molar-refractivity contribution is 8.00. The van der Waals surface area contributed by atoms with Crippen molar-refractivity contribution in [3.05, 3.63) is 23.7 Å². The Morgan fingerprint density at radius 3 is 2.78 bits per heavy atom. The van der Waals surface area contributed by atoms with E-state index in [4.69, 9.17) is 4.42 Å². The molecule has 1 aromatic rings. The van der Waals surface area contributed by atoms with Crippen LogP contribution in [0.5, 0.6) is 0 Å². The predicted octanol–water partition coefficient (Wildman–Crippen LogP) is 3.78. The fourth-order valence-corrected chi connectivity index (χ4v) is 3.79. The van der Waals surface area contributed by atoms with Crippen LogP contribution in [0.25, 0.3) is 0 Å². The zero-order valence-corrected chi connectivity index (χ0v) is 12.2. The third-order valence-corrected chi connectivity index (χ3v) is 6.02. The number of rotatable bonds is 6. The summed E-state index contributed by atoms with van der Waals surface area (Å²) in [6, 6.07) is 4.30. The van der Waals surface area contributed by atoms with Crippen LogP contribution in [0.2, 0.25) is 0 Å². The van der Waals surface area contributed by atoms with Gasteiger partial charge in [0.15, 0.2) is 0 Å². The minimum atomic E-state index is 0.514. The zero-order chi connectivity index (χ0) is 12.6. The summed E-state index contributed by atoms with van der Waals surface area (Å²) in [5.74, 6) is 3.82. The zero-order valence-electron chi connectivity index (χ0n) is 11.4. The van der Waals surface area contributed by atoms with Gasteiger partial charge in [0, 0.05) is 17.2 Å². The highest BCUT2D eigenvalue weighted by atomic mass is 32.2. The van der Waals surface area contributed by atoms with E-state index in [0.29, 0.717) is 10.7 Å². The van der Waals surface area contributed by atoms with Gasteiger partial charge in [-0.3, -0.25) is 0 Å². The fourth-order valence-electron chi connectivity index (χ4n) is 2.85. The van der Waals surface area contributed by atoms with Crippen molar-refractivity contribution >= 4 is 11.8 Å². The van der Waals surface area contributed by atoms with E-state index in [1.54, 1.807) is 0 Å². The van der Waals surface area contributed by atoms with E-state index in [2.05, 4.69) is 30.6 Å². The third kappa shape index (κ3) is 2.48. The first-order valence-corrected chi connectivity index (χ1v) is 8.29. The lowest BCUT2D eigenvalue weighted by atomic mass is 9.84. The lowest BCUT2D eigenvalue weighted by Crippen LogP contribution is -2.43. The van der Waals surface area contributed by atoms with E-state index in [1.807, 2.05) is 11.8 Å². The Balaban J connectivity index is 1.47. The van der Waals surface area contributed by atoms with Crippen LogP contribution in [-0.4, -0.2) is 17.5 Å². The largest absolute Gasteiger partial charge is 0.464 e. The quantitative estimate of drug-likeness (QED) is 0.847. The highest BCUT2D eigenvalue weighted by Gasteiger charge is 2.37. The molecule has 0 aliphatic heterocycles. The van der Waals surface area contributed by atoms with Crippen molar-refractivity contribution in [2.24, 2.45) is 5.92 Å². The summed E-state index contributed by atoms with van der Waals surface area (Å²) in [5.41, 5.74) is 0. The first-order chi connectivity index (χ1) is 8.72. The molecule has 2 atom stereocenters. The average molecular weight is 265 g/mol. The Bertz CT molecular complexity index is 405. The molecule has 0 bridgehead atoms. The van der Waals surface area contributed by atoms with Crippen LogP contribution >= 0.6 is 11.8 Å². The summed E-state index contributed by atoms with van der Waals surface area (Å²) < 4.78 is 6.42. The molecule has 2 unspecified atom stereocenters. The smallest absolute Gasteiger partial charge is 0.117 e. The molecule has 18 heavy (non-hydrogen) atoms. The summed E-state index contributed by atoms with van der Waals surface area (Å²) in [4.78, 5) is 0. The molecule has 100 valence electrons. The van der Waals surface area contributed by atoms with Crippen molar-refractivity contribution in [1.82, 2.24) is 5.32 Å². The van der Waals surface area contributed by atoms with Crippen molar-refractivity contribution in [3.63, 3.8) is 0 Å². The second-order valence-electron chi connectivity index (χ2n) is 5.97. The Labute approximate surface area is 114 Å². The molecule has 2 aliphatic rings. The summed E-state index contributed by atoms with van der Waals surface area (Å²) in [6.45, 7) is 4.29. The molecule has 2 fully saturated rings. The third-order valence-electron chi connectivity index (χ3n) is 4.60. The molecular formula is C15H23NOS. The first-order valence-electron chi connectivity index (χ1n) is 7.07. The highest BCUT2D eigenvalue weighted by Crippen LogP contribution is 2.47. The number of hydrogen-bond acceptors (Lipinski definition) is 3. The van der Waals surface area contributed by atoms with Gasteiger partial charge in [-0.05, 0) is 43.6 Å². The molecular weight excluding hydrogens is 242 g/mol. The molecule has 0 aromatic carbocycles. The van der Waals surface area contributed by atoms with Gasteiger partial charge >= 0.3 is 0 Å². The molecule has 0 saturated heterocycles. The first kappa shape index (κ1) is 12.6. The van der Waals surface area contributed by atoms with E-state index < -0.39 is 0 Å². The standard InChI is InChI=1S/C15H23NOS/c1-11-8-13(11)14-5-4-12(17-14)9-16-10-15(18-2)6-3-7-15/h4-5,11,13,16H,3,6-10H2,1-2H3. The minimum absolute atomic E-state index is 0.514. The lowest BCUT2D eigenvalue weighted by molar-refractivity contribution is 0.338. The maximum atomic E-state index is 5.91. The number of furan rings is 1. The van der Waals surface area contributed by atoms with Crippen molar-refractivity contribution in [1.29, 1.82) is 0 Å². The lowest BCUT2D eigenvalue weighted by Gasteiger charge is -2.40. The van der Waals surface area contributed by atoms with Gasteiger partial charge < -0.3 is 9.73 Å². The normalized spacial score (nSPS) is 29.0. The second-order valence-corrected chi connectivity index (χ2v) is 7.24. The summed E-state index contributed by atoms with van der Waals surface area (Å²) in [5, 5.41) is 3.56. The summed E-state index contributed by atoms with van der Waals surface area (Å²) in [6.07, 6.45) is 7.66. The van der Waals surface area contributed by atoms with Crippen LogP contribution in [0.15, 0.2) is 16.5 Å². The van der Waals surface area contributed by atoms with Gasteiger partial charge in [0.2, 0.25) is 0 Å². The molecule has 3 rings (SSSR count). The molecule has 0 amide bonds. The molecule has 1 N–H and O–H groups in total. The predicted molar refractivity (Wildman–Crippen MR) is 77.0 cm³/mol. The van der Waals surface area contributed by atoms with Crippen LogP contribution in [0.3, 0.4) is 0 Å². The van der Waals surface area contributed by atoms with Gasteiger partial charge in [0.25, 0.3) is 0 Å². The molecule has 2 aliphatic carbocycles. The second kappa shape index (κ2) is 4.93. The molecule has 1 aromatic heterocycles. The van der Waals surface area contributed by atoms with E-state index >= 15 is 0 Å². The van der Waals surface area contributed by atoms with Crippen LogP contribution in [0, 0.1) is 5.92 Å². The molecule has 2 nitrogen and oxygen atoms in total. The van der Waals surface area contributed by atoms with Crippen molar-refractivity contribution in [2.75, 3.05) is 12.8 Å². The number of nitrogens with one attached hydrogen (secondary N) is 1. The molecule has 1 heterocycles. The Morgan fingerprint density at radius 2 is 2.22 bits per heavy atom. The van der Waals surface area contributed by atoms with Crippen molar-refractivity contribution in [3.8, 4) is 0 Å². The van der Waals surface area contributed by atoms with Gasteiger partial charge in [-0.25, -0.2) is 0 Å². The number of thioether (sulfide) groups is 1. The SMILES string of the molecule is CSC1(CNCc2ccc(C3CC3C)o2)CCC1. The monoisotopic (exact) mass is 265 g/mol. The maximum absolute atomic E-state index is 5.91. The van der Waals surface area contributed by atoms with Gasteiger partial charge in [-0.15, -0.1) is 0 Å². The molecule has 0 radical (unpaired) electrons. The maximum Gasteiger partial charge on any atom is 0.117 e. The molecule has 2 saturated carbocycles. The van der Waals surface area contributed by atoms with E-state index in [0.717, 1.165) is 24.8 Å². The van der Waals surface area contributed by atoms with Crippen LogP contribution in [0.1, 0.15) is 50.0 Å². The van der Waals surface area contributed by atoms with Gasteiger partial charge in [-0.1, -0.05) is 13.3 Å². The molecule has 3 heteroatoms. The van der Waals surface area contributed by atoms with Crippen molar-refractivity contribution < 1.29 is 4.42 Å². The Morgan fingerprint density at radius 1 is 1.44 bits per heavy atom. The number of hydrogen-bond donors (Lipinski definition) is 1. The Hall–Kier alpha value is -0.410. The van der Waals surface area contributed by atoms with Gasteiger partial charge in [0.05, 0.1) is 6.54 Å². The Kier molecular flexibility index (Phi) is 3.46. The van der Waals surface area contributed by atoms with Gasteiger partial charge in [0.1, 0.15) is 11.5 Å². The van der Waals surface area contributed by atoms with E-state index in [9.17, 15) is 0 Å². The van der Waals surface area contributed by atoms with Crippen LogP contribution in [-0.2, 0) is 6.54 Å². The molecule has 0 spiro atoms. The summed E-state index contributed by atoms with van der Waals surface area (Å²) >= 11 is 2.02. The van der Waals surface area contributed by atoms with E-state index in [1.165, 1.54) is 31.4 Å². The fraction of sp³-hybridized carbons (Fsp3) is 0.733. The van der Waals surface area contributed by atoms with Crippen LogP contribution < -0.4 is 5.32 Å². The minimum Gasteiger partial charge on any atom is -0.464 e. The average Bonchev–Trinajstić information content (AvgIpc) is 2.88.